The number of hydrogen-bond donors (Lipinski definition) is 0. The first-order chi connectivity index (χ1) is 19.7. The van der Waals surface area contributed by atoms with E-state index in [2.05, 4.69) is 20.1 Å². The first-order valence-corrected chi connectivity index (χ1v) is 17.8. The summed E-state index contributed by atoms with van der Waals surface area (Å²) in [5.41, 5.74) is 0.377. The standard InChI is InChI=1S/C37H70O3/c1-4-6-7-8-9-10-11-12-13-14-15-16-17-18-19-20-21-22-23-24-25-26-27-28-29-30-31-32-34-40-37(38)36(3)35-39-33-5-2/h5H,2-4,6-35H2,1H3. The first-order valence-electron chi connectivity index (χ1n) is 17.8. The molecule has 0 radical (unpaired) electrons. The highest BCUT2D eigenvalue weighted by Crippen LogP contribution is 2.16. The van der Waals surface area contributed by atoms with E-state index in [1.807, 2.05) is 0 Å². The molecule has 0 saturated heterocycles. The largest absolute Gasteiger partial charge is 0.462 e. The van der Waals surface area contributed by atoms with Gasteiger partial charge in [0.15, 0.2) is 0 Å². The lowest BCUT2D eigenvalue weighted by Gasteiger charge is -2.07. The van der Waals surface area contributed by atoms with Gasteiger partial charge in [0.05, 0.1) is 25.4 Å². The van der Waals surface area contributed by atoms with Crippen LogP contribution in [0.1, 0.15) is 187 Å². The van der Waals surface area contributed by atoms with E-state index in [0.717, 1.165) is 12.8 Å². The number of hydrogen-bond acceptors (Lipinski definition) is 3. The number of esters is 1. The van der Waals surface area contributed by atoms with E-state index >= 15 is 0 Å². The van der Waals surface area contributed by atoms with Gasteiger partial charge in [-0.05, 0) is 6.42 Å². The van der Waals surface area contributed by atoms with E-state index in [4.69, 9.17) is 9.47 Å². The summed E-state index contributed by atoms with van der Waals surface area (Å²) in [5, 5.41) is 0. The lowest BCUT2D eigenvalue weighted by molar-refractivity contribution is -0.139. The Bertz CT molecular complexity index is 542. The number of unbranched alkanes of at least 4 members (excludes halogenated alkanes) is 27. The Morgan fingerprint density at radius 3 is 1.12 bits per heavy atom. The summed E-state index contributed by atoms with van der Waals surface area (Å²) in [6.45, 7) is 10.7. The molecule has 0 aromatic carbocycles. The molecule has 0 aliphatic rings. The van der Waals surface area contributed by atoms with Gasteiger partial charge < -0.3 is 9.47 Å². The van der Waals surface area contributed by atoms with Crippen LogP contribution >= 0.6 is 0 Å². The highest BCUT2D eigenvalue weighted by Gasteiger charge is 2.08. The van der Waals surface area contributed by atoms with Crippen LogP contribution in [0.2, 0.25) is 0 Å². The molecule has 0 spiro atoms. The molecule has 0 aliphatic heterocycles. The topological polar surface area (TPSA) is 35.5 Å². The summed E-state index contributed by atoms with van der Waals surface area (Å²) in [6, 6.07) is 0. The molecule has 0 heterocycles. The van der Waals surface area contributed by atoms with Gasteiger partial charge in [-0.15, -0.1) is 6.58 Å². The van der Waals surface area contributed by atoms with Gasteiger partial charge in [0.2, 0.25) is 0 Å². The third-order valence-electron chi connectivity index (χ3n) is 8.03. The van der Waals surface area contributed by atoms with E-state index in [0.29, 0.717) is 18.8 Å². The van der Waals surface area contributed by atoms with Crippen molar-refractivity contribution in [1.29, 1.82) is 0 Å². The van der Waals surface area contributed by atoms with Crippen molar-refractivity contribution in [3.05, 3.63) is 24.8 Å². The molecular formula is C37H70O3. The molecule has 3 nitrogen and oxygen atoms in total. The summed E-state index contributed by atoms with van der Waals surface area (Å²) in [5.74, 6) is -0.339. The third kappa shape index (κ3) is 31.4. The van der Waals surface area contributed by atoms with Crippen LogP contribution in [0.3, 0.4) is 0 Å². The van der Waals surface area contributed by atoms with Crippen molar-refractivity contribution in [3.63, 3.8) is 0 Å². The highest BCUT2D eigenvalue weighted by molar-refractivity contribution is 5.87. The lowest BCUT2D eigenvalue weighted by Crippen LogP contribution is -2.12. The molecule has 0 rings (SSSR count). The summed E-state index contributed by atoms with van der Waals surface area (Å²) < 4.78 is 10.5. The van der Waals surface area contributed by atoms with Crippen LogP contribution in [0, 0.1) is 0 Å². The SMILES string of the molecule is C=CCOCC(=C)C(=O)OCCCCCCCCCCCCCCCCCCCCCCCCCCCCCC. The third-order valence-corrected chi connectivity index (χ3v) is 8.03. The van der Waals surface area contributed by atoms with Gasteiger partial charge >= 0.3 is 5.97 Å². The van der Waals surface area contributed by atoms with Crippen molar-refractivity contribution in [3.8, 4) is 0 Å². The molecule has 0 aliphatic carbocycles. The lowest BCUT2D eigenvalue weighted by atomic mass is 10.0. The molecular weight excluding hydrogens is 492 g/mol. The molecule has 0 aromatic heterocycles. The smallest absolute Gasteiger partial charge is 0.335 e. The fourth-order valence-electron chi connectivity index (χ4n) is 5.36. The molecule has 3 heteroatoms. The fraction of sp³-hybridized carbons (Fsp3) is 0.865. The quantitative estimate of drug-likeness (QED) is 0.0338. The Labute approximate surface area is 251 Å². The van der Waals surface area contributed by atoms with Gasteiger partial charge in [-0.25, -0.2) is 4.79 Å². The monoisotopic (exact) mass is 563 g/mol. The van der Waals surface area contributed by atoms with Crippen molar-refractivity contribution in [1.82, 2.24) is 0 Å². The minimum atomic E-state index is -0.339. The first kappa shape index (κ1) is 38.9. The molecule has 0 saturated carbocycles. The van der Waals surface area contributed by atoms with Crippen LogP contribution in [0.5, 0.6) is 0 Å². The van der Waals surface area contributed by atoms with Gasteiger partial charge in [-0.1, -0.05) is 193 Å². The van der Waals surface area contributed by atoms with E-state index in [1.165, 1.54) is 167 Å². The summed E-state index contributed by atoms with van der Waals surface area (Å²) in [4.78, 5) is 11.8. The molecule has 0 fully saturated rings. The highest BCUT2D eigenvalue weighted by atomic mass is 16.5. The summed E-state index contributed by atoms with van der Waals surface area (Å²) >= 11 is 0. The normalized spacial score (nSPS) is 11.1. The molecule has 0 amide bonds. The van der Waals surface area contributed by atoms with Gasteiger partial charge in [-0.2, -0.15) is 0 Å². The Balaban J connectivity index is 3.13. The molecule has 40 heavy (non-hydrogen) atoms. The zero-order chi connectivity index (χ0) is 29.2. The van der Waals surface area contributed by atoms with Crippen molar-refractivity contribution in [2.45, 2.75) is 187 Å². The van der Waals surface area contributed by atoms with Crippen LogP contribution < -0.4 is 0 Å². The number of ether oxygens (including phenoxy) is 2. The molecule has 236 valence electrons. The zero-order valence-corrected chi connectivity index (χ0v) is 27.1. The van der Waals surface area contributed by atoms with Gasteiger partial charge in [0.1, 0.15) is 0 Å². The Hall–Kier alpha value is -1.09. The predicted octanol–water partition coefficient (Wildman–Crippen LogP) is 12.2. The van der Waals surface area contributed by atoms with Crippen molar-refractivity contribution < 1.29 is 14.3 Å². The van der Waals surface area contributed by atoms with Crippen molar-refractivity contribution in [2.75, 3.05) is 19.8 Å². The number of rotatable bonds is 34. The van der Waals surface area contributed by atoms with E-state index in [1.54, 1.807) is 6.08 Å². The Morgan fingerprint density at radius 1 is 0.525 bits per heavy atom. The number of carbonyl (C=O) groups is 1. The molecule has 0 bridgehead atoms. The molecule has 0 aromatic rings. The maximum absolute atomic E-state index is 11.8. The average molecular weight is 563 g/mol. The van der Waals surface area contributed by atoms with Crippen LogP contribution in [0.25, 0.3) is 0 Å². The second-order valence-electron chi connectivity index (χ2n) is 12.1. The predicted molar refractivity (Wildman–Crippen MR) is 176 cm³/mol. The maximum atomic E-state index is 11.8. The minimum Gasteiger partial charge on any atom is -0.462 e. The second-order valence-corrected chi connectivity index (χ2v) is 12.1. The summed E-state index contributed by atoms with van der Waals surface area (Å²) in [7, 11) is 0. The van der Waals surface area contributed by atoms with Crippen molar-refractivity contribution in [2.24, 2.45) is 0 Å². The minimum absolute atomic E-state index is 0.213. The van der Waals surface area contributed by atoms with Crippen molar-refractivity contribution >= 4 is 5.97 Å². The maximum Gasteiger partial charge on any atom is 0.335 e. The summed E-state index contributed by atoms with van der Waals surface area (Å²) in [6.07, 6.45) is 40.9. The Morgan fingerprint density at radius 2 is 0.825 bits per heavy atom. The zero-order valence-electron chi connectivity index (χ0n) is 27.1. The van der Waals surface area contributed by atoms with Crippen LogP contribution in [0.4, 0.5) is 0 Å². The second kappa shape index (κ2) is 34.1. The van der Waals surface area contributed by atoms with Gasteiger partial charge in [-0.3, -0.25) is 0 Å². The molecule has 0 atom stereocenters. The number of carbonyl (C=O) groups excluding carboxylic acids is 1. The van der Waals surface area contributed by atoms with Crippen LogP contribution in [-0.2, 0) is 14.3 Å². The van der Waals surface area contributed by atoms with E-state index in [9.17, 15) is 4.79 Å². The van der Waals surface area contributed by atoms with Crippen LogP contribution in [0.15, 0.2) is 24.8 Å². The average Bonchev–Trinajstić information content (AvgIpc) is 2.96. The van der Waals surface area contributed by atoms with E-state index in [-0.39, 0.29) is 12.6 Å². The van der Waals surface area contributed by atoms with Crippen LogP contribution in [-0.4, -0.2) is 25.8 Å². The van der Waals surface area contributed by atoms with Gasteiger partial charge in [0.25, 0.3) is 0 Å². The van der Waals surface area contributed by atoms with E-state index < -0.39 is 0 Å². The molecule has 0 unspecified atom stereocenters. The van der Waals surface area contributed by atoms with Gasteiger partial charge in [0, 0.05) is 0 Å². The Kier molecular flexibility index (Phi) is 33.2. The molecule has 0 N–H and O–H groups in total. The fourth-order valence-corrected chi connectivity index (χ4v) is 5.36.